The summed E-state index contributed by atoms with van der Waals surface area (Å²) in [7, 11) is 0. The summed E-state index contributed by atoms with van der Waals surface area (Å²) in [5, 5.41) is 0. The van der Waals surface area contributed by atoms with Crippen LogP contribution in [0, 0.1) is 12.8 Å². The first kappa shape index (κ1) is 8.32. The molecule has 3 heteroatoms. The Bertz CT molecular complexity index is 295. The van der Waals surface area contributed by atoms with E-state index in [9.17, 15) is 0 Å². The molecule has 1 aliphatic rings. The molecule has 12 heavy (non-hydrogen) atoms. The van der Waals surface area contributed by atoms with Gasteiger partial charge in [-0.15, -0.1) is 0 Å². The van der Waals surface area contributed by atoms with Gasteiger partial charge in [-0.05, 0) is 53.4 Å². The SMILES string of the molecule is Cc1cc(Br)oc1C1CC1CN. The molecule has 0 bridgehead atoms. The number of halogens is 1. The molecular weight excluding hydrogens is 218 g/mol. The highest BCUT2D eigenvalue weighted by Crippen LogP contribution is 2.48. The number of hydrogen-bond donors (Lipinski definition) is 1. The number of rotatable bonds is 2. The van der Waals surface area contributed by atoms with Gasteiger partial charge in [0.1, 0.15) is 5.76 Å². The standard InChI is InChI=1S/C9H12BrNO/c1-5-2-8(10)12-9(5)7-3-6(7)4-11/h2,6-7H,3-4,11H2,1H3. The molecule has 66 valence electrons. The van der Waals surface area contributed by atoms with Crippen molar-refractivity contribution in [1.29, 1.82) is 0 Å². The molecule has 2 rings (SSSR count). The lowest BCUT2D eigenvalue weighted by Gasteiger charge is -1.94. The highest BCUT2D eigenvalue weighted by molar-refractivity contribution is 9.10. The Morgan fingerprint density at radius 3 is 2.92 bits per heavy atom. The lowest BCUT2D eigenvalue weighted by atomic mass is 10.2. The summed E-state index contributed by atoms with van der Waals surface area (Å²) in [6.07, 6.45) is 1.19. The van der Waals surface area contributed by atoms with Gasteiger partial charge in [0.2, 0.25) is 0 Å². The molecule has 2 N–H and O–H groups in total. The Hall–Kier alpha value is -0.280. The lowest BCUT2D eigenvalue weighted by Crippen LogP contribution is -2.01. The van der Waals surface area contributed by atoms with Gasteiger partial charge in [0.05, 0.1) is 0 Å². The van der Waals surface area contributed by atoms with Gasteiger partial charge in [-0.25, -0.2) is 0 Å². The van der Waals surface area contributed by atoms with Crippen molar-refractivity contribution < 1.29 is 4.42 Å². The monoisotopic (exact) mass is 229 g/mol. The minimum absolute atomic E-state index is 0.585. The van der Waals surface area contributed by atoms with Crippen LogP contribution in [0.2, 0.25) is 0 Å². The first-order valence-electron chi connectivity index (χ1n) is 4.18. The smallest absolute Gasteiger partial charge is 0.169 e. The van der Waals surface area contributed by atoms with Crippen LogP contribution in [0.25, 0.3) is 0 Å². The summed E-state index contributed by atoms with van der Waals surface area (Å²) >= 11 is 3.32. The lowest BCUT2D eigenvalue weighted by molar-refractivity contribution is 0.480. The van der Waals surface area contributed by atoms with E-state index in [-0.39, 0.29) is 0 Å². The minimum atomic E-state index is 0.585. The van der Waals surface area contributed by atoms with Crippen molar-refractivity contribution in [1.82, 2.24) is 0 Å². The largest absolute Gasteiger partial charge is 0.454 e. The second-order valence-electron chi connectivity index (χ2n) is 3.44. The summed E-state index contributed by atoms with van der Waals surface area (Å²) in [5.74, 6) is 2.36. The van der Waals surface area contributed by atoms with E-state index in [0.29, 0.717) is 11.8 Å². The van der Waals surface area contributed by atoms with Crippen molar-refractivity contribution in [3.05, 3.63) is 22.1 Å². The van der Waals surface area contributed by atoms with Crippen LogP contribution in [0.4, 0.5) is 0 Å². The highest BCUT2D eigenvalue weighted by atomic mass is 79.9. The molecule has 1 aliphatic carbocycles. The fourth-order valence-electron chi connectivity index (χ4n) is 1.65. The van der Waals surface area contributed by atoms with E-state index in [1.807, 2.05) is 6.07 Å². The summed E-state index contributed by atoms with van der Waals surface area (Å²) in [6.45, 7) is 2.86. The minimum Gasteiger partial charge on any atom is -0.454 e. The Morgan fingerprint density at radius 2 is 2.50 bits per heavy atom. The van der Waals surface area contributed by atoms with E-state index in [0.717, 1.165) is 17.0 Å². The molecule has 1 aromatic rings. The summed E-state index contributed by atoms with van der Waals surface area (Å²) in [4.78, 5) is 0. The number of nitrogens with two attached hydrogens (primary N) is 1. The van der Waals surface area contributed by atoms with E-state index in [1.165, 1.54) is 12.0 Å². The van der Waals surface area contributed by atoms with Crippen LogP contribution in [-0.4, -0.2) is 6.54 Å². The molecule has 0 radical (unpaired) electrons. The predicted molar refractivity (Wildman–Crippen MR) is 51.0 cm³/mol. The third kappa shape index (κ3) is 1.31. The van der Waals surface area contributed by atoms with E-state index in [2.05, 4.69) is 22.9 Å². The maximum absolute atomic E-state index is 5.57. The van der Waals surface area contributed by atoms with Crippen molar-refractivity contribution in [3.8, 4) is 0 Å². The molecule has 1 aromatic heterocycles. The van der Waals surface area contributed by atoms with Crippen LogP contribution in [0.1, 0.15) is 23.7 Å². The average molecular weight is 230 g/mol. The van der Waals surface area contributed by atoms with Crippen molar-refractivity contribution in [2.24, 2.45) is 11.7 Å². The molecule has 2 unspecified atom stereocenters. The fourth-order valence-corrected chi connectivity index (χ4v) is 2.17. The van der Waals surface area contributed by atoms with Crippen LogP contribution < -0.4 is 5.73 Å². The zero-order valence-corrected chi connectivity index (χ0v) is 8.60. The molecule has 0 amide bonds. The van der Waals surface area contributed by atoms with E-state index >= 15 is 0 Å². The number of hydrogen-bond acceptors (Lipinski definition) is 2. The molecule has 0 aromatic carbocycles. The Kier molecular flexibility index (Phi) is 2.00. The van der Waals surface area contributed by atoms with Crippen molar-refractivity contribution in [2.75, 3.05) is 6.54 Å². The topological polar surface area (TPSA) is 39.2 Å². The van der Waals surface area contributed by atoms with Gasteiger partial charge in [0.15, 0.2) is 4.67 Å². The highest BCUT2D eigenvalue weighted by Gasteiger charge is 2.40. The van der Waals surface area contributed by atoms with Crippen molar-refractivity contribution in [3.63, 3.8) is 0 Å². The van der Waals surface area contributed by atoms with Gasteiger partial charge in [0.25, 0.3) is 0 Å². The molecule has 0 aliphatic heterocycles. The maximum Gasteiger partial charge on any atom is 0.169 e. The van der Waals surface area contributed by atoms with Crippen LogP contribution >= 0.6 is 15.9 Å². The molecule has 0 spiro atoms. The second-order valence-corrected chi connectivity index (χ2v) is 4.22. The predicted octanol–water partition coefficient (Wildman–Crippen LogP) is 2.41. The van der Waals surface area contributed by atoms with Gasteiger partial charge in [0, 0.05) is 5.92 Å². The third-order valence-electron chi connectivity index (χ3n) is 2.49. The third-order valence-corrected chi connectivity index (χ3v) is 2.88. The first-order chi connectivity index (χ1) is 5.72. The van der Waals surface area contributed by atoms with Gasteiger partial charge >= 0.3 is 0 Å². The normalized spacial score (nSPS) is 27.6. The molecule has 0 saturated heterocycles. The van der Waals surface area contributed by atoms with Crippen molar-refractivity contribution in [2.45, 2.75) is 19.3 Å². The molecule has 1 heterocycles. The average Bonchev–Trinajstić information content (AvgIpc) is 2.72. The molecule has 1 saturated carbocycles. The summed E-state index contributed by atoms with van der Waals surface area (Å²) in [5.41, 5.74) is 6.80. The van der Waals surface area contributed by atoms with E-state index in [1.54, 1.807) is 0 Å². The quantitative estimate of drug-likeness (QED) is 0.847. The van der Waals surface area contributed by atoms with E-state index in [4.69, 9.17) is 10.2 Å². The Balaban J connectivity index is 2.19. The number of furan rings is 1. The number of aryl methyl sites for hydroxylation is 1. The summed E-state index contributed by atoms with van der Waals surface area (Å²) in [6, 6.07) is 2.02. The van der Waals surface area contributed by atoms with Crippen LogP contribution in [-0.2, 0) is 0 Å². The van der Waals surface area contributed by atoms with Crippen LogP contribution in [0.3, 0.4) is 0 Å². The molecule has 2 atom stereocenters. The van der Waals surface area contributed by atoms with Gasteiger partial charge in [-0.3, -0.25) is 0 Å². The van der Waals surface area contributed by atoms with Gasteiger partial charge < -0.3 is 10.2 Å². The van der Waals surface area contributed by atoms with E-state index < -0.39 is 0 Å². The molecule has 1 fully saturated rings. The molecular formula is C9H12BrNO. The second kappa shape index (κ2) is 2.89. The maximum atomic E-state index is 5.57. The van der Waals surface area contributed by atoms with Gasteiger partial charge in [-0.2, -0.15) is 0 Å². The zero-order chi connectivity index (χ0) is 8.72. The summed E-state index contributed by atoms with van der Waals surface area (Å²) < 4.78 is 6.36. The Labute approximate surface area is 80.3 Å². The van der Waals surface area contributed by atoms with Crippen LogP contribution in [0.5, 0.6) is 0 Å². The van der Waals surface area contributed by atoms with Gasteiger partial charge in [-0.1, -0.05) is 0 Å². The Morgan fingerprint density at radius 1 is 1.75 bits per heavy atom. The molecule has 2 nitrogen and oxygen atoms in total. The van der Waals surface area contributed by atoms with Crippen molar-refractivity contribution >= 4 is 15.9 Å². The first-order valence-corrected chi connectivity index (χ1v) is 4.97. The van der Waals surface area contributed by atoms with Crippen LogP contribution in [0.15, 0.2) is 15.2 Å². The zero-order valence-electron chi connectivity index (χ0n) is 7.01. The fraction of sp³-hybridized carbons (Fsp3) is 0.556.